The smallest absolute Gasteiger partial charge is 0.265 e. The molecule has 0 bridgehead atoms. The topological polar surface area (TPSA) is 120 Å². The molecule has 10 nitrogen and oxygen atoms in total. The van der Waals surface area contributed by atoms with E-state index >= 15 is 0 Å². The molecular weight excluding hydrogens is 482 g/mol. The number of ether oxygens (including phenoxy) is 1. The molecular formula is C22H28ClN5O5S. The van der Waals surface area contributed by atoms with E-state index in [4.69, 9.17) is 16.3 Å². The molecule has 12 heteroatoms. The third kappa shape index (κ3) is 5.91. The predicted octanol–water partition coefficient (Wildman–Crippen LogP) is 1.38. The highest BCUT2D eigenvalue weighted by atomic mass is 35.5. The average Bonchev–Trinajstić information content (AvgIpc) is 2.83. The van der Waals surface area contributed by atoms with Crippen molar-refractivity contribution >= 4 is 44.8 Å². The van der Waals surface area contributed by atoms with Gasteiger partial charge in [0.1, 0.15) is 10.6 Å². The second-order valence-electron chi connectivity index (χ2n) is 7.70. The third-order valence-electron chi connectivity index (χ3n) is 5.37. The summed E-state index contributed by atoms with van der Waals surface area (Å²) in [5, 5.41) is 5.97. The van der Waals surface area contributed by atoms with Gasteiger partial charge >= 0.3 is 0 Å². The van der Waals surface area contributed by atoms with E-state index in [9.17, 15) is 18.0 Å². The number of nitrogens with one attached hydrogen (secondary N) is 3. The fraction of sp³-hybridized carbons (Fsp3) is 0.364. The molecule has 1 heterocycles. The first-order chi connectivity index (χ1) is 16.2. The molecule has 1 fully saturated rings. The fourth-order valence-corrected chi connectivity index (χ4v) is 5.08. The van der Waals surface area contributed by atoms with Gasteiger partial charge in [-0.3, -0.25) is 14.3 Å². The highest BCUT2D eigenvalue weighted by Gasteiger charge is 2.25. The summed E-state index contributed by atoms with van der Waals surface area (Å²) in [7, 11) is 0.243. The first-order valence-electron chi connectivity index (χ1n) is 10.6. The van der Waals surface area contributed by atoms with Gasteiger partial charge in [-0.05, 0) is 36.4 Å². The Morgan fingerprint density at radius 1 is 1.18 bits per heavy atom. The lowest BCUT2D eigenvalue weighted by Gasteiger charge is -2.31. The molecule has 3 N–H and O–H groups in total. The maximum atomic E-state index is 13.3. The van der Waals surface area contributed by atoms with Gasteiger partial charge in [-0.25, -0.2) is 8.42 Å². The minimum atomic E-state index is -4.12. The Labute approximate surface area is 204 Å². The van der Waals surface area contributed by atoms with Crippen molar-refractivity contribution in [1.29, 1.82) is 0 Å². The van der Waals surface area contributed by atoms with Crippen molar-refractivity contribution < 1.29 is 22.7 Å². The van der Waals surface area contributed by atoms with Gasteiger partial charge in [0.2, 0.25) is 5.91 Å². The molecule has 184 valence electrons. The Morgan fingerprint density at radius 3 is 2.53 bits per heavy atom. The van der Waals surface area contributed by atoms with Crippen molar-refractivity contribution in [3.8, 4) is 5.75 Å². The molecule has 1 aliphatic rings. The molecule has 1 aliphatic heterocycles. The van der Waals surface area contributed by atoms with Crippen molar-refractivity contribution in [2.75, 3.05) is 63.6 Å². The van der Waals surface area contributed by atoms with Crippen LogP contribution in [-0.2, 0) is 14.8 Å². The summed E-state index contributed by atoms with van der Waals surface area (Å²) in [6, 6.07) is 9.13. The molecule has 2 aromatic carbocycles. The van der Waals surface area contributed by atoms with Crippen molar-refractivity contribution in [2.24, 2.45) is 0 Å². The second kappa shape index (κ2) is 10.9. The first kappa shape index (κ1) is 25.6. The zero-order valence-electron chi connectivity index (χ0n) is 19.2. The maximum Gasteiger partial charge on any atom is 0.265 e. The molecule has 1 saturated heterocycles. The van der Waals surface area contributed by atoms with Gasteiger partial charge in [-0.1, -0.05) is 11.6 Å². The molecule has 0 saturated carbocycles. The third-order valence-corrected chi connectivity index (χ3v) is 6.99. The van der Waals surface area contributed by atoms with Crippen molar-refractivity contribution in [2.45, 2.75) is 4.90 Å². The van der Waals surface area contributed by atoms with Crippen LogP contribution in [0.5, 0.6) is 5.75 Å². The Bertz CT molecular complexity index is 1170. The zero-order chi connectivity index (χ0) is 24.9. The van der Waals surface area contributed by atoms with Crippen LogP contribution in [0.25, 0.3) is 0 Å². The van der Waals surface area contributed by atoms with Crippen LogP contribution in [-0.4, -0.2) is 79.1 Å². The average molecular weight is 510 g/mol. The lowest BCUT2D eigenvalue weighted by Crippen LogP contribution is -2.44. The second-order valence-corrected chi connectivity index (χ2v) is 9.79. The zero-order valence-corrected chi connectivity index (χ0v) is 20.8. The monoisotopic (exact) mass is 509 g/mol. The van der Waals surface area contributed by atoms with Gasteiger partial charge in [0.05, 0.1) is 25.0 Å². The first-order valence-corrected chi connectivity index (χ1v) is 12.4. The largest absolute Gasteiger partial charge is 0.495 e. The minimum absolute atomic E-state index is 0.123. The van der Waals surface area contributed by atoms with Crippen molar-refractivity contribution in [3.63, 3.8) is 0 Å². The van der Waals surface area contributed by atoms with E-state index in [0.717, 1.165) is 13.1 Å². The van der Waals surface area contributed by atoms with E-state index in [1.54, 1.807) is 12.1 Å². The number of methoxy groups -OCH3 is 1. The maximum absolute atomic E-state index is 13.3. The summed E-state index contributed by atoms with van der Waals surface area (Å²) in [5.41, 5.74) is 1.11. The number of likely N-dealkylation sites (N-methyl/N-ethyl adjacent to an activating group) is 2. The molecule has 34 heavy (non-hydrogen) atoms. The summed E-state index contributed by atoms with van der Waals surface area (Å²) in [6.07, 6.45) is 0. The Hall–Kier alpha value is -3.02. The van der Waals surface area contributed by atoms with Gasteiger partial charge in [-0.2, -0.15) is 0 Å². The molecule has 0 aromatic heterocycles. The number of carbonyl (C=O) groups excluding carboxylic acids is 2. The van der Waals surface area contributed by atoms with E-state index in [0.29, 0.717) is 18.8 Å². The molecule has 3 rings (SSSR count). The van der Waals surface area contributed by atoms with Crippen LogP contribution >= 0.6 is 11.6 Å². The van der Waals surface area contributed by atoms with Crippen LogP contribution in [0.3, 0.4) is 0 Å². The molecule has 0 spiro atoms. The minimum Gasteiger partial charge on any atom is -0.495 e. The van der Waals surface area contributed by atoms with Crippen LogP contribution in [0.4, 0.5) is 11.4 Å². The van der Waals surface area contributed by atoms with Gasteiger partial charge < -0.3 is 25.2 Å². The standard InChI is InChI=1S/C22H28ClN5O5S/c1-24-21(29)14-27(2)22(30)15-4-6-18(28-10-8-25-9-11-28)17(12-15)26-34(31,32)20-13-16(23)5-7-19(20)33-3/h4-7,12-13,25-26H,8-11,14H2,1-3H3,(H,24,29). The number of rotatable bonds is 8. The molecule has 0 atom stereocenters. The Kier molecular flexibility index (Phi) is 8.24. The van der Waals surface area contributed by atoms with Crippen LogP contribution in [0, 0.1) is 0 Å². The highest BCUT2D eigenvalue weighted by Crippen LogP contribution is 2.33. The molecule has 2 amide bonds. The van der Waals surface area contributed by atoms with Gasteiger partial charge in [0.15, 0.2) is 0 Å². The summed E-state index contributed by atoms with van der Waals surface area (Å²) in [4.78, 5) is 27.8. The van der Waals surface area contributed by atoms with Gasteiger partial charge in [-0.15, -0.1) is 0 Å². The molecule has 0 radical (unpaired) electrons. The molecule has 0 unspecified atom stereocenters. The molecule has 2 aromatic rings. The van der Waals surface area contributed by atoms with Crippen molar-refractivity contribution in [1.82, 2.24) is 15.5 Å². The number of nitrogens with zero attached hydrogens (tertiary/aromatic N) is 2. The number of hydrogen-bond donors (Lipinski definition) is 3. The quantitative estimate of drug-likeness (QED) is 0.491. The number of halogens is 1. The van der Waals surface area contributed by atoms with Crippen LogP contribution in [0.2, 0.25) is 5.02 Å². The number of anilines is 2. The fourth-order valence-electron chi connectivity index (χ4n) is 3.58. The highest BCUT2D eigenvalue weighted by molar-refractivity contribution is 7.92. The van der Waals surface area contributed by atoms with E-state index in [1.807, 2.05) is 4.90 Å². The summed E-state index contributed by atoms with van der Waals surface area (Å²) >= 11 is 6.05. The number of amides is 2. The molecule has 0 aliphatic carbocycles. The number of benzene rings is 2. The number of carbonyl (C=O) groups is 2. The van der Waals surface area contributed by atoms with E-state index in [2.05, 4.69) is 15.4 Å². The summed E-state index contributed by atoms with van der Waals surface area (Å²) in [6.45, 7) is 2.68. The SMILES string of the molecule is CNC(=O)CN(C)C(=O)c1ccc(N2CCNCC2)c(NS(=O)(=O)c2cc(Cl)ccc2OC)c1. The van der Waals surface area contributed by atoms with E-state index in [1.165, 1.54) is 50.4 Å². The predicted molar refractivity (Wildman–Crippen MR) is 131 cm³/mol. The normalized spacial score (nSPS) is 13.8. The number of piperazine rings is 1. The Morgan fingerprint density at radius 2 is 1.88 bits per heavy atom. The number of sulfonamides is 1. The van der Waals surface area contributed by atoms with Crippen molar-refractivity contribution in [3.05, 3.63) is 47.0 Å². The van der Waals surface area contributed by atoms with Crippen LogP contribution in [0.1, 0.15) is 10.4 Å². The number of hydrogen-bond acceptors (Lipinski definition) is 7. The summed E-state index contributed by atoms with van der Waals surface area (Å²) < 4.78 is 34.5. The lowest BCUT2D eigenvalue weighted by molar-refractivity contribution is -0.121. The van der Waals surface area contributed by atoms with E-state index < -0.39 is 15.9 Å². The van der Waals surface area contributed by atoms with Crippen LogP contribution in [0.15, 0.2) is 41.3 Å². The van der Waals surface area contributed by atoms with Crippen LogP contribution < -0.4 is 25.0 Å². The van der Waals surface area contributed by atoms with Gasteiger partial charge in [0, 0.05) is 50.9 Å². The summed E-state index contributed by atoms with van der Waals surface area (Å²) in [5.74, 6) is -0.600. The Balaban J connectivity index is 2.02. The van der Waals surface area contributed by atoms with E-state index in [-0.39, 0.29) is 39.4 Å². The lowest BCUT2D eigenvalue weighted by atomic mass is 10.1. The van der Waals surface area contributed by atoms with Gasteiger partial charge in [0.25, 0.3) is 15.9 Å².